The van der Waals surface area contributed by atoms with Gasteiger partial charge in [0.25, 0.3) is 0 Å². The fourth-order valence-corrected chi connectivity index (χ4v) is 3.03. The molecule has 0 spiro atoms. The predicted octanol–water partition coefficient (Wildman–Crippen LogP) is 4.03. The highest BCUT2D eigenvalue weighted by Gasteiger charge is 2.03. The van der Waals surface area contributed by atoms with Gasteiger partial charge in [-0.05, 0) is 30.2 Å². The van der Waals surface area contributed by atoms with E-state index in [0.717, 1.165) is 22.8 Å². The molecule has 2 rings (SSSR count). The molecule has 0 heterocycles. The maximum atomic E-state index is 11.9. The maximum absolute atomic E-state index is 11.9. The van der Waals surface area contributed by atoms with Gasteiger partial charge >= 0.3 is 0 Å². The number of hydrogen-bond acceptors (Lipinski definition) is 3. The maximum Gasteiger partial charge on any atom is 0.221 e. The van der Waals surface area contributed by atoms with Crippen molar-refractivity contribution < 1.29 is 9.53 Å². The highest BCUT2D eigenvalue weighted by atomic mass is 32.2. The van der Waals surface area contributed by atoms with Gasteiger partial charge in [0.15, 0.2) is 0 Å². The average molecular weight is 329 g/mol. The minimum absolute atomic E-state index is 0.0902. The molecular weight excluding hydrogens is 306 g/mol. The molecular formula is C19H23NO2S. The van der Waals surface area contributed by atoms with Gasteiger partial charge in [0.1, 0.15) is 5.75 Å². The molecule has 2 aromatic carbocycles. The standard InChI is InChI=1S/C19H23NO2S/c1-2-22-18-10-6-9-17(13-18)14-20-19(21)11-12-23-15-16-7-4-3-5-8-16/h3-10,13H,2,11-12,14-15H2,1H3,(H,20,21). The average Bonchev–Trinajstić information content (AvgIpc) is 2.58. The van der Waals surface area contributed by atoms with Crippen molar-refractivity contribution in [1.29, 1.82) is 0 Å². The number of amides is 1. The highest BCUT2D eigenvalue weighted by molar-refractivity contribution is 7.98. The van der Waals surface area contributed by atoms with E-state index in [2.05, 4.69) is 17.4 Å². The molecule has 4 heteroatoms. The smallest absolute Gasteiger partial charge is 0.221 e. The van der Waals surface area contributed by atoms with Gasteiger partial charge in [-0.2, -0.15) is 11.8 Å². The minimum atomic E-state index is 0.0902. The number of hydrogen-bond donors (Lipinski definition) is 1. The van der Waals surface area contributed by atoms with Crippen LogP contribution in [-0.4, -0.2) is 18.3 Å². The largest absolute Gasteiger partial charge is 0.494 e. The summed E-state index contributed by atoms with van der Waals surface area (Å²) >= 11 is 1.78. The van der Waals surface area contributed by atoms with Crippen molar-refractivity contribution in [1.82, 2.24) is 5.32 Å². The Balaban J connectivity index is 1.64. The number of thioether (sulfide) groups is 1. The van der Waals surface area contributed by atoms with Crippen LogP contribution in [0.5, 0.6) is 5.75 Å². The molecule has 0 aliphatic rings. The fraction of sp³-hybridized carbons (Fsp3) is 0.316. The number of ether oxygens (including phenoxy) is 1. The first-order valence-electron chi connectivity index (χ1n) is 7.88. The van der Waals surface area contributed by atoms with Crippen LogP contribution in [0, 0.1) is 0 Å². The van der Waals surface area contributed by atoms with Crippen LogP contribution >= 0.6 is 11.8 Å². The third-order valence-corrected chi connectivity index (χ3v) is 4.31. The zero-order chi connectivity index (χ0) is 16.3. The number of carbonyl (C=O) groups is 1. The van der Waals surface area contributed by atoms with Crippen molar-refractivity contribution in [2.45, 2.75) is 25.6 Å². The summed E-state index contributed by atoms with van der Waals surface area (Å²) in [7, 11) is 0. The molecule has 0 aliphatic heterocycles. The highest BCUT2D eigenvalue weighted by Crippen LogP contribution is 2.14. The molecule has 122 valence electrons. The summed E-state index contributed by atoms with van der Waals surface area (Å²) in [6.07, 6.45) is 0.544. The molecule has 0 radical (unpaired) electrons. The van der Waals surface area contributed by atoms with Crippen molar-refractivity contribution in [3.05, 3.63) is 65.7 Å². The first-order chi connectivity index (χ1) is 11.3. The predicted molar refractivity (Wildman–Crippen MR) is 96.7 cm³/mol. The third-order valence-electron chi connectivity index (χ3n) is 3.28. The zero-order valence-corrected chi connectivity index (χ0v) is 14.3. The fourth-order valence-electron chi connectivity index (χ4n) is 2.13. The Kier molecular flexibility index (Phi) is 7.54. The Hall–Kier alpha value is -1.94. The molecule has 0 atom stereocenters. The molecule has 0 fully saturated rings. The molecule has 1 amide bonds. The Morgan fingerprint density at radius 1 is 1.09 bits per heavy atom. The summed E-state index contributed by atoms with van der Waals surface area (Å²) in [4.78, 5) is 11.9. The van der Waals surface area contributed by atoms with E-state index in [0.29, 0.717) is 19.6 Å². The van der Waals surface area contributed by atoms with Crippen LogP contribution < -0.4 is 10.1 Å². The topological polar surface area (TPSA) is 38.3 Å². The van der Waals surface area contributed by atoms with E-state index in [1.807, 2.05) is 49.4 Å². The number of rotatable bonds is 9. The first kappa shape index (κ1) is 17.4. The van der Waals surface area contributed by atoms with E-state index in [9.17, 15) is 4.79 Å². The Labute approximate surface area is 142 Å². The van der Waals surface area contributed by atoms with Gasteiger partial charge in [-0.15, -0.1) is 0 Å². The molecule has 0 aliphatic carbocycles. The molecule has 2 aromatic rings. The quantitative estimate of drug-likeness (QED) is 0.706. The lowest BCUT2D eigenvalue weighted by molar-refractivity contribution is -0.120. The minimum Gasteiger partial charge on any atom is -0.494 e. The normalized spacial score (nSPS) is 10.3. The summed E-state index contributed by atoms with van der Waals surface area (Å²) in [6.45, 7) is 3.15. The van der Waals surface area contributed by atoms with Crippen LogP contribution in [0.15, 0.2) is 54.6 Å². The third kappa shape index (κ3) is 6.78. The second-order valence-electron chi connectivity index (χ2n) is 5.15. The molecule has 0 saturated heterocycles. The molecule has 0 unspecified atom stereocenters. The molecule has 0 bridgehead atoms. The van der Waals surface area contributed by atoms with Gasteiger partial charge in [-0.3, -0.25) is 4.79 Å². The van der Waals surface area contributed by atoms with E-state index < -0.39 is 0 Å². The summed E-state index contributed by atoms with van der Waals surface area (Å²) in [5, 5.41) is 2.96. The number of benzene rings is 2. The van der Waals surface area contributed by atoms with Gasteiger partial charge in [0.05, 0.1) is 6.61 Å². The van der Waals surface area contributed by atoms with Crippen LogP contribution in [0.1, 0.15) is 24.5 Å². The summed E-state index contributed by atoms with van der Waals surface area (Å²) in [5.74, 6) is 2.72. The number of carbonyl (C=O) groups excluding carboxylic acids is 1. The molecule has 23 heavy (non-hydrogen) atoms. The van der Waals surface area contributed by atoms with E-state index in [-0.39, 0.29) is 5.91 Å². The van der Waals surface area contributed by atoms with E-state index in [4.69, 9.17) is 4.74 Å². The summed E-state index contributed by atoms with van der Waals surface area (Å²) in [5.41, 5.74) is 2.35. The Bertz CT molecular complexity index is 601. The van der Waals surface area contributed by atoms with Gasteiger partial charge in [-0.1, -0.05) is 42.5 Å². The molecule has 0 aromatic heterocycles. The molecule has 1 N–H and O–H groups in total. The van der Waals surface area contributed by atoms with Gasteiger partial charge < -0.3 is 10.1 Å². The van der Waals surface area contributed by atoms with Gasteiger partial charge in [0, 0.05) is 24.5 Å². The lowest BCUT2D eigenvalue weighted by atomic mass is 10.2. The van der Waals surface area contributed by atoms with Crippen LogP contribution in [0.25, 0.3) is 0 Å². The lowest BCUT2D eigenvalue weighted by Gasteiger charge is -2.08. The second kappa shape index (κ2) is 9.95. The van der Waals surface area contributed by atoms with Crippen molar-refractivity contribution in [2.75, 3.05) is 12.4 Å². The van der Waals surface area contributed by atoms with Crippen LogP contribution in [0.4, 0.5) is 0 Å². The van der Waals surface area contributed by atoms with E-state index in [1.54, 1.807) is 11.8 Å². The molecule has 3 nitrogen and oxygen atoms in total. The van der Waals surface area contributed by atoms with E-state index in [1.165, 1.54) is 5.56 Å². The van der Waals surface area contributed by atoms with Crippen LogP contribution in [0.3, 0.4) is 0 Å². The summed E-state index contributed by atoms with van der Waals surface area (Å²) < 4.78 is 5.46. The number of nitrogens with one attached hydrogen (secondary N) is 1. The van der Waals surface area contributed by atoms with Crippen molar-refractivity contribution in [2.24, 2.45) is 0 Å². The molecule has 0 saturated carbocycles. The van der Waals surface area contributed by atoms with Crippen LogP contribution in [-0.2, 0) is 17.1 Å². The first-order valence-corrected chi connectivity index (χ1v) is 9.03. The van der Waals surface area contributed by atoms with Gasteiger partial charge in [-0.25, -0.2) is 0 Å². The summed E-state index contributed by atoms with van der Waals surface area (Å²) in [6, 6.07) is 18.1. The second-order valence-corrected chi connectivity index (χ2v) is 6.25. The lowest BCUT2D eigenvalue weighted by Crippen LogP contribution is -2.23. The Morgan fingerprint density at radius 2 is 1.87 bits per heavy atom. The van der Waals surface area contributed by atoms with Crippen molar-refractivity contribution in [3.8, 4) is 5.75 Å². The Morgan fingerprint density at radius 3 is 2.65 bits per heavy atom. The van der Waals surface area contributed by atoms with Crippen LogP contribution in [0.2, 0.25) is 0 Å². The SMILES string of the molecule is CCOc1cccc(CNC(=O)CCSCc2ccccc2)c1. The van der Waals surface area contributed by atoms with Gasteiger partial charge in [0.2, 0.25) is 5.91 Å². The van der Waals surface area contributed by atoms with Crippen molar-refractivity contribution >= 4 is 17.7 Å². The monoisotopic (exact) mass is 329 g/mol. The van der Waals surface area contributed by atoms with Crippen molar-refractivity contribution in [3.63, 3.8) is 0 Å². The zero-order valence-electron chi connectivity index (χ0n) is 13.5. The van der Waals surface area contributed by atoms with E-state index >= 15 is 0 Å².